The second-order valence-corrected chi connectivity index (χ2v) is 14.5. The fourth-order valence-corrected chi connectivity index (χ4v) is 8.87. The first-order chi connectivity index (χ1) is 23.5. The number of benzene rings is 7. The topological polar surface area (TPSA) is 25.8 Å². The number of aromatic nitrogens is 2. The Balaban J connectivity index is 1.01. The highest BCUT2D eigenvalue weighted by Gasteiger charge is 2.35. The SMILES string of the molecule is CC1(C)c2ccccc2-c2ccc(-c3ccc4cc(-c5cccc(-c6nc7c8c(cccc8n6)Sc6ccccc6-7)c5)ccc4c3)cc21. The van der Waals surface area contributed by atoms with Crippen molar-refractivity contribution in [1.29, 1.82) is 0 Å². The van der Waals surface area contributed by atoms with Crippen LogP contribution in [0.4, 0.5) is 0 Å². The van der Waals surface area contributed by atoms with Crippen molar-refractivity contribution in [3.63, 3.8) is 0 Å². The van der Waals surface area contributed by atoms with Gasteiger partial charge in [0.2, 0.25) is 0 Å². The predicted molar refractivity (Wildman–Crippen MR) is 200 cm³/mol. The summed E-state index contributed by atoms with van der Waals surface area (Å²) in [5.41, 5.74) is 14.5. The molecule has 2 nitrogen and oxygen atoms in total. The number of fused-ring (bicyclic) bond motifs is 6. The summed E-state index contributed by atoms with van der Waals surface area (Å²) in [6.45, 7) is 4.68. The van der Waals surface area contributed by atoms with Crippen molar-refractivity contribution in [3.05, 3.63) is 157 Å². The molecule has 8 aromatic rings. The molecule has 0 amide bonds. The quantitative estimate of drug-likeness (QED) is 0.194. The Morgan fingerprint density at radius 2 is 1.08 bits per heavy atom. The second-order valence-electron chi connectivity index (χ2n) is 13.4. The summed E-state index contributed by atoms with van der Waals surface area (Å²) in [6.07, 6.45) is 0. The Bertz CT molecular complexity index is 2630. The first-order valence-corrected chi connectivity index (χ1v) is 17.3. The molecule has 0 bridgehead atoms. The van der Waals surface area contributed by atoms with Crippen molar-refractivity contribution < 1.29 is 0 Å². The number of rotatable bonds is 3. The maximum atomic E-state index is 5.18. The van der Waals surface area contributed by atoms with Crippen molar-refractivity contribution >= 4 is 33.4 Å². The minimum Gasteiger partial charge on any atom is -0.228 e. The van der Waals surface area contributed by atoms with Crippen molar-refractivity contribution in [2.24, 2.45) is 0 Å². The van der Waals surface area contributed by atoms with E-state index in [-0.39, 0.29) is 5.41 Å². The lowest BCUT2D eigenvalue weighted by molar-refractivity contribution is 0.660. The van der Waals surface area contributed by atoms with Gasteiger partial charge in [-0.2, -0.15) is 0 Å². The van der Waals surface area contributed by atoms with Crippen LogP contribution in [0.3, 0.4) is 0 Å². The molecule has 7 aromatic carbocycles. The maximum absolute atomic E-state index is 5.18. The van der Waals surface area contributed by atoms with Gasteiger partial charge in [0.25, 0.3) is 0 Å². The molecule has 0 spiro atoms. The molecule has 0 unspecified atom stereocenters. The van der Waals surface area contributed by atoms with Gasteiger partial charge in [0, 0.05) is 31.7 Å². The lowest BCUT2D eigenvalue weighted by atomic mass is 9.81. The van der Waals surface area contributed by atoms with Crippen LogP contribution in [0.5, 0.6) is 0 Å². The molecule has 0 fully saturated rings. The summed E-state index contributed by atoms with van der Waals surface area (Å²) in [4.78, 5) is 12.7. The van der Waals surface area contributed by atoms with Gasteiger partial charge in [-0.1, -0.05) is 129 Å². The zero-order valence-electron chi connectivity index (χ0n) is 26.7. The molecule has 1 aromatic heterocycles. The molecule has 48 heavy (non-hydrogen) atoms. The lowest BCUT2D eigenvalue weighted by Gasteiger charge is -2.22. The van der Waals surface area contributed by atoms with Gasteiger partial charge in [0.05, 0.1) is 11.2 Å². The van der Waals surface area contributed by atoms with Crippen molar-refractivity contribution in [2.45, 2.75) is 29.1 Å². The van der Waals surface area contributed by atoms with E-state index in [2.05, 4.69) is 159 Å². The van der Waals surface area contributed by atoms with E-state index >= 15 is 0 Å². The Hall–Kier alpha value is -5.51. The van der Waals surface area contributed by atoms with E-state index < -0.39 is 0 Å². The van der Waals surface area contributed by atoms with Gasteiger partial charge in [0.15, 0.2) is 5.82 Å². The monoisotopic (exact) mass is 630 g/mol. The van der Waals surface area contributed by atoms with E-state index in [9.17, 15) is 0 Å². The fourth-order valence-electron chi connectivity index (χ4n) is 7.76. The molecular formula is C45H30N2S. The van der Waals surface area contributed by atoms with Gasteiger partial charge in [-0.25, -0.2) is 9.97 Å². The van der Waals surface area contributed by atoms with E-state index in [1.807, 2.05) is 0 Å². The van der Waals surface area contributed by atoms with Gasteiger partial charge in [-0.05, 0) is 97.7 Å². The van der Waals surface area contributed by atoms with Gasteiger partial charge in [0.1, 0.15) is 0 Å². The molecule has 1 aliphatic heterocycles. The van der Waals surface area contributed by atoms with Crippen LogP contribution >= 0.6 is 11.8 Å². The zero-order valence-corrected chi connectivity index (χ0v) is 27.5. The minimum atomic E-state index is -0.0102. The molecule has 1 aliphatic carbocycles. The molecule has 2 heterocycles. The first-order valence-electron chi connectivity index (χ1n) is 16.5. The molecule has 0 saturated carbocycles. The molecule has 3 heteroatoms. The van der Waals surface area contributed by atoms with E-state index in [0.29, 0.717) is 0 Å². The van der Waals surface area contributed by atoms with Crippen LogP contribution in [0.25, 0.3) is 77.7 Å². The first kappa shape index (κ1) is 27.6. The van der Waals surface area contributed by atoms with Crippen LogP contribution in [-0.2, 0) is 5.41 Å². The van der Waals surface area contributed by atoms with Crippen molar-refractivity contribution in [3.8, 4) is 56.0 Å². The average molecular weight is 631 g/mol. The summed E-state index contributed by atoms with van der Waals surface area (Å²) < 4.78 is 0. The van der Waals surface area contributed by atoms with Crippen LogP contribution in [0.2, 0.25) is 0 Å². The largest absolute Gasteiger partial charge is 0.228 e. The van der Waals surface area contributed by atoms with E-state index in [1.165, 1.54) is 65.1 Å². The van der Waals surface area contributed by atoms with E-state index in [0.717, 1.165) is 33.5 Å². The van der Waals surface area contributed by atoms with Crippen molar-refractivity contribution in [1.82, 2.24) is 9.97 Å². The van der Waals surface area contributed by atoms with Gasteiger partial charge in [-0.15, -0.1) is 0 Å². The van der Waals surface area contributed by atoms with Crippen LogP contribution in [-0.4, -0.2) is 9.97 Å². The Morgan fingerprint density at radius 1 is 0.458 bits per heavy atom. The molecule has 10 rings (SSSR count). The third-order valence-electron chi connectivity index (χ3n) is 10.3. The highest BCUT2D eigenvalue weighted by Crippen LogP contribution is 2.50. The second kappa shape index (κ2) is 10.2. The summed E-state index contributed by atoms with van der Waals surface area (Å²) >= 11 is 1.80. The predicted octanol–water partition coefficient (Wildman–Crippen LogP) is 12.2. The molecule has 0 saturated heterocycles. The molecular weight excluding hydrogens is 601 g/mol. The number of hydrogen-bond acceptors (Lipinski definition) is 3. The van der Waals surface area contributed by atoms with Crippen LogP contribution < -0.4 is 0 Å². The normalized spacial score (nSPS) is 13.7. The third kappa shape index (κ3) is 4.14. The van der Waals surface area contributed by atoms with E-state index in [4.69, 9.17) is 9.97 Å². The standard InChI is InChI=1S/C45H30N2S/c1-45(2)37-13-5-3-11-34(37)35-22-21-32(26-38(35)45)31-20-19-29-23-28(17-18-30(29)24-31)27-9-7-10-33(25-27)44-46-39-14-8-16-41-42(39)43(47-44)36-12-4-6-15-40(36)48-41/h3-26H,1-2H3. The summed E-state index contributed by atoms with van der Waals surface area (Å²) in [5, 5.41) is 3.60. The summed E-state index contributed by atoms with van der Waals surface area (Å²) in [6, 6.07) is 53.0. The van der Waals surface area contributed by atoms with Crippen LogP contribution in [0.15, 0.2) is 155 Å². The minimum absolute atomic E-state index is 0.0102. The van der Waals surface area contributed by atoms with Gasteiger partial charge in [-0.3, -0.25) is 0 Å². The number of hydrogen-bond donors (Lipinski definition) is 0. The summed E-state index contributed by atoms with van der Waals surface area (Å²) in [7, 11) is 0. The lowest BCUT2D eigenvalue weighted by Crippen LogP contribution is -2.14. The zero-order chi connectivity index (χ0) is 32.0. The third-order valence-corrected chi connectivity index (χ3v) is 11.4. The van der Waals surface area contributed by atoms with Gasteiger partial charge >= 0.3 is 0 Å². The molecule has 0 radical (unpaired) electrons. The Morgan fingerprint density at radius 3 is 1.92 bits per heavy atom. The highest BCUT2D eigenvalue weighted by molar-refractivity contribution is 7.99. The molecule has 226 valence electrons. The molecule has 0 N–H and O–H groups in total. The van der Waals surface area contributed by atoms with E-state index in [1.54, 1.807) is 11.8 Å². The molecule has 0 atom stereocenters. The van der Waals surface area contributed by atoms with Crippen molar-refractivity contribution in [2.75, 3.05) is 0 Å². The smallest absolute Gasteiger partial charge is 0.160 e. The van der Waals surface area contributed by atoms with Crippen LogP contribution in [0, 0.1) is 0 Å². The van der Waals surface area contributed by atoms with Crippen LogP contribution in [0.1, 0.15) is 25.0 Å². The average Bonchev–Trinajstić information content (AvgIpc) is 3.37. The molecule has 2 aliphatic rings. The fraction of sp³-hybridized carbons (Fsp3) is 0.0667. The Labute approximate surface area is 284 Å². The summed E-state index contributed by atoms with van der Waals surface area (Å²) in [5.74, 6) is 0.754. The van der Waals surface area contributed by atoms with Gasteiger partial charge < -0.3 is 0 Å². The maximum Gasteiger partial charge on any atom is 0.160 e. The Kier molecular flexibility index (Phi) is 5.89. The number of nitrogens with zero attached hydrogens (tertiary/aromatic N) is 2. The highest BCUT2D eigenvalue weighted by atomic mass is 32.2.